The summed E-state index contributed by atoms with van der Waals surface area (Å²) in [7, 11) is 0. The van der Waals surface area contributed by atoms with Gasteiger partial charge >= 0.3 is 0 Å². The van der Waals surface area contributed by atoms with E-state index in [0.717, 1.165) is 26.5 Å². The molecule has 12 heteroatoms. The van der Waals surface area contributed by atoms with Gasteiger partial charge in [0.05, 0.1) is 44.9 Å². The van der Waals surface area contributed by atoms with Gasteiger partial charge in [-0.3, -0.25) is 39.4 Å². The number of nitro benzene ring substituents is 2. The Kier molecular flexibility index (Phi) is 5.95. The summed E-state index contributed by atoms with van der Waals surface area (Å²) in [6.45, 7) is 0. The van der Waals surface area contributed by atoms with Gasteiger partial charge < -0.3 is 0 Å². The standard InChI is InChI=1S/C34H24N4O8/c39-31-25-16-24(17-6-2-1-3-7-17)26-22-12-13-23(27(26)30(25)34(42)35(31)18-8-4-10-20(14-18)37(43)44)29-28(22)32(40)36(33(29)41)19-9-5-11-21(15-19)38(45)46/h1-15,22-23,25,27-30H,16H2/t22-,23-,25+,27+,28-,29+,30-/m1/s1. The van der Waals surface area contributed by atoms with Crippen LogP contribution in [0.4, 0.5) is 22.7 Å². The fraction of sp³-hybridized carbons (Fsp3) is 0.235. The molecule has 2 saturated heterocycles. The average molecular weight is 617 g/mol. The van der Waals surface area contributed by atoms with Crippen molar-refractivity contribution in [2.45, 2.75) is 6.42 Å². The van der Waals surface area contributed by atoms with Crippen molar-refractivity contribution in [2.24, 2.45) is 41.4 Å². The van der Waals surface area contributed by atoms with E-state index in [-0.39, 0.29) is 29.2 Å². The summed E-state index contributed by atoms with van der Waals surface area (Å²) < 4.78 is 0. The number of benzene rings is 3. The molecule has 2 heterocycles. The molecule has 2 aliphatic heterocycles. The molecule has 4 amide bonds. The van der Waals surface area contributed by atoms with Gasteiger partial charge in [0, 0.05) is 36.1 Å². The maximum Gasteiger partial charge on any atom is 0.271 e. The molecule has 0 unspecified atom stereocenters. The van der Waals surface area contributed by atoms with Crippen LogP contribution in [-0.4, -0.2) is 33.5 Å². The zero-order valence-electron chi connectivity index (χ0n) is 24.0. The summed E-state index contributed by atoms with van der Waals surface area (Å²) in [5.41, 5.74) is 2.26. The van der Waals surface area contributed by atoms with Gasteiger partial charge in [-0.05, 0) is 35.6 Å². The van der Waals surface area contributed by atoms with E-state index in [9.17, 15) is 39.4 Å². The highest BCUT2D eigenvalue weighted by molar-refractivity contribution is 6.25. The summed E-state index contributed by atoms with van der Waals surface area (Å²) in [6.07, 6.45) is 4.02. The van der Waals surface area contributed by atoms with Gasteiger partial charge in [-0.2, -0.15) is 0 Å². The van der Waals surface area contributed by atoms with E-state index in [1.54, 1.807) is 0 Å². The number of anilines is 2. The van der Waals surface area contributed by atoms with Crippen LogP contribution in [0.25, 0.3) is 5.57 Å². The van der Waals surface area contributed by atoms with Crippen LogP contribution in [0.3, 0.4) is 0 Å². The molecule has 0 spiro atoms. The Morgan fingerprint density at radius 2 is 1.17 bits per heavy atom. The van der Waals surface area contributed by atoms with Gasteiger partial charge in [0.1, 0.15) is 0 Å². The van der Waals surface area contributed by atoms with E-state index in [0.29, 0.717) is 0 Å². The zero-order valence-corrected chi connectivity index (χ0v) is 24.0. The van der Waals surface area contributed by atoms with Crippen molar-refractivity contribution in [3.63, 3.8) is 0 Å². The first-order chi connectivity index (χ1) is 22.2. The second-order valence-corrected chi connectivity index (χ2v) is 12.3. The lowest BCUT2D eigenvalue weighted by Crippen LogP contribution is -2.51. The fourth-order valence-corrected chi connectivity index (χ4v) is 8.52. The van der Waals surface area contributed by atoms with E-state index >= 15 is 0 Å². The summed E-state index contributed by atoms with van der Waals surface area (Å²) in [5, 5.41) is 23.0. The number of nitro groups is 2. The Labute approximate surface area is 260 Å². The van der Waals surface area contributed by atoms with Crippen molar-refractivity contribution in [1.82, 2.24) is 0 Å². The number of amides is 4. The van der Waals surface area contributed by atoms with E-state index in [4.69, 9.17) is 0 Å². The highest BCUT2D eigenvalue weighted by atomic mass is 16.6. The largest absolute Gasteiger partial charge is 0.274 e. The van der Waals surface area contributed by atoms with E-state index in [1.807, 2.05) is 42.5 Å². The van der Waals surface area contributed by atoms with Crippen LogP contribution < -0.4 is 9.80 Å². The number of imide groups is 2. The normalized spacial score (nSPS) is 29.3. The Morgan fingerprint density at radius 3 is 1.78 bits per heavy atom. The minimum atomic E-state index is -0.845. The predicted octanol–water partition coefficient (Wildman–Crippen LogP) is 4.70. The highest BCUT2D eigenvalue weighted by Crippen LogP contribution is 2.63. The molecule has 0 radical (unpaired) electrons. The Hall–Kier alpha value is -5.78. The molecule has 7 atom stereocenters. The molecule has 3 aromatic rings. The molecule has 4 aliphatic carbocycles. The number of allylic oxidation sites excluding steroid dienone is 4. The monoisotopic (exact) mass is 616 g/mol. The third-order valence-corrected chi connectivity index (χ3v) is 10.2. The van der Waals surface area contributed by atoms with Crippen LogP contribution in [0.2, 0.25) is 0 Å². The Morgan fingerprint density at radius 1 is 0.609 bits per heavy atom. The van der Waals surface area contributed by atoms with Gasteiger partial charge in [0.15, 0.2) is 0 Å². The van der Waals surface area contributed by atoms with E-state index in [1.165, 1.54) is 48.5 Å². The van der Waals surface area contributed by atoms with Crippen LogP contribution in [0.15, 0.2) is 96.6 Å². The van der Waals surface area contributed by atoms with Crippen LogP contribution in [0.1, 0.15) is 12.0 Å². The number of hydrogen-bond donors (Lipinski definition) is 0. The van der Waals surface area contributed by atoms with Gasteiger partial charge in [-0.15, -0.1) is 0 Å². The quantitative estimate of drug-likeness (QED) is 0.172. The summed E-state index contributed by atoms with van der Waals surface area (Å²) in [6, 6.07) is 20.3. The molecule has 12 nitrogen and oxygen atoms in total. The van der Waals surface area contributed by atoms with Crippen molar-refractivity contribution in [3.8, 4) is 0 Å². The van der Waals surface area contributed by atoms with Gasteiger partial charge in [-0.1, -0.05) is 60.2 Å². The van der Waals surface area contributed by atoms with E-state index in [2.05, 4.69) is 0 Å². The molecule has 1 saturated carbocycles. The molecule has 46 heavy (non-hydrogen) atoms. The Balaban J connectivity index is 1.26. The lowest BCUT2D eigenvalue weighted by Gasteiger charge is -2.51. The van der Waals surface area contributed by atoms with Crippen molar-refractivity contribution in [3.05, 3.63) is 122 Å². The Bertz CT molecular complexity index is 1990. The first kappa shape index (κ1) is 27.7. The summed E-state index contributed by atoms with van der Waals surface area (Å²) in [4.78, 5) is 80.5. The number of hydrogen-bond acceptors (Lipinski definition) is 8. The second-order valence-electron chi connectivity index (χ2n) is 12.3. The van der Waals surface area contributed by atoms with Gasteiger partial charge in [-0.25, -0.2) is 9.80 Å². The summed E-state index contributed by atoms with van der Waals surface area (Å²) >= 11 is 0. The van der Waals surface area contributed by atoms with Crippen LogP contribution in [0, 0.1) is 61.7 Å². The highest BCUT2D eigenvalue weighted by Gasteiger charge is 2.67. The van der Waals surface area contributed by atoms with Gasteiger partial charge in [0.2, 0.25) is 23.6 Å². The third kappa shape index (κ3) is 3.73. The molecule has 9 rings (SSSR count). The lowest BCUT2D eigenvalue weighted by atomic mass is 9.49. The SMILES string of the molecule is O=C1[C@H]2[C@@H]3C=C[C@H](C4=C(c5ccccc5)C[C@@H]5C(=O)N(c6cccc([N+](=O)[O-])c6)C(=O)[C@H]5[C@H]43)[C@H]2C(=O)N1c1cccc([N+](=O)[O-])c1. The van der Waals surface area contributed by atoms with Crippen LogP contribution in [-0.2, 0) is 19.2 Å². The molecule has 3 fully saturated rings. The number of nitrogens with zero attached hydrogens (tertiary/aromatic N) is 4. The number of carbonyl (C=O) groups excluding carboxylic acids is 4. The number of rotatable bonds is 5. The fourth-order valence-electron chi connectivity index (χ4n) is 8.52. The van der Waals surface area contributed by atoms with Crippen molar-refractivity contribution in [1.29, 1.82) is 0 Å². The van der Waals surface area contributed by atoms with Gasteiger partial charge in [0.25, 0.3) is 11.4 Å². The molecule has 2 bridgehead atoms. The van der Waals surface area contributed by atoms with Crippen LogP contribution in [0.5, 0.6) is 0 Å². The van der Waals surface area contributed by atoms with Crippen LogP contribution >= 0.6 is 0 Å². The van der Waals surface area contributed by atoms with Crippen molar-refractivity contribution < 1.29 is 29.0 Å². The number of carbonyl (C=O) groups is 4. The lowest BCUT2D eigenvalue weighted by molar-refractivity contribution is -0.385. The third-order valence-electron chi connectivity index (χ3n) is 10.2. The molecular formula is C34H24N4O8. The summed E-state index contributed by atoms with van der Waals surface area (Å²) in [5.74, 6) is -6.84. The first-order valence-electron chi connectivity index (χ1n) is 14.9. The molecule has 6 aliphatic rings. The molecule has 3 aromatic carbocycles. The smallest absolute Gasteiger partial charge is 0.271 e. The first-order valence-corrected chi connectivity index (χ1v) is 14.9. The zero-order chi connectivity index (χ0) is 32.0. The van der Waals surface area contributed by atoms with Crippen molar-refractivity contribution >= 4 is 52.0 Å². The minimum absolute atomic E-state index is 0.111. The van der Waals surface area contributed by atoms with E-state index < -0.39 is 74.9 Å². The van der Waals surface area contributed by atoms with Crippen molar-refractivity contribution in [2.75, 3.05) is 9.80 Å². The second kappa shape index (κ2) is 9.86. The maximum atomic E-state index is 14.3. The topological polar surface area (TPSA) is 161 Å². The number of non-ortho nitro benzene ring substituents is 2. The minimum Gasteiger partial charge on any atom is -0.274 e. The molecule has 0 N–H and O–H groups in total. The maximum absolute atomic E-state index is 14.3. The number of fused-ring (bicyclic) bond motifs is 1. The average Bonchev–Trinajstić information content (AvgIpc) is 3.49. The molecular weight excluding hydrogens is 592 g/mol. The molecule has 228 valence electrons. The molecule has 0 aromatic heterocycles. The predicted molar refractivity (Wildman–Crippen MR) is 163 cm³/mol.